The van der Waals surface area contributed by atoms with Crippen LogP contribution in [0.3, 0.4) is 0 Å². The molecule has 1 unspecified atom stereocenters. The summed E-state index contributed by atoms with van der Waals surface area (Å²) in [6.45, 7) is 2.86. The van der Waals surface area contributed by atoms with Crippen LogP contribution in [0.4, 0.5) is 5.69 Å². The summed E-state index contributed by atoms with van der Waals surface area (Å²) in [5.41, 5.74) is 9.62. The first-order chi connectivity index (χ1) is 9.56. The summed E-state index contributed by atoms with van der Waals surface area (Å²) < 4.78 is 1.08. The second-order valence-electron chi connectivity index (χ2n) is 5.17. The third-order valence-electron chi connectivity index (χ3n) is 3.14. The second kappa shape index (κ2) is 6.86. The number of benzene rings is 1. The first-order valence-electron chi connectivity index (χ1n) is 6.70. The average Bonchev–Trinajstić information content (AvgIpc) is 2.41. The van der Waals surface area contributed by atoms with Gasteiger partial charge in [-0.2, -0.15) is 0 Å². The first kappa shape index (κ1) is 15.0. The van der Waals surface area contributed by atoms with Crippen molar-refractivity contribution in [2.75, 3.05) is 11.9 Å². The van der Waals surface area contributed by atoms with E-state index in [1.807, 2.05) is 19.2 Å². The molecule has 0 spiro atoms. The monoisotopic (exact) mass is 333 g/mol. The van der Waals surface area contributed by atoms with Gasteiger partial charge in [0.25, 0.3) is 0 Å². The number of halogens is 1. The Hall–Kier alpha value is -1.39. The number of rotatable bonds is 5. The van der Waals surface area contributed by atoms with Gasteiger partial charge in [-0.25, -0.2) is 0 Å². The number of nitrogens with two attached hydrogens (primary N) is 1. The molecule has 0 radical (unpaired) electrons. The summed E-state index contributed by atoms with van der Waals surface area (Å²) in [4.78, 5) is 6.40. The minimum atomic E-state index is 0.154. The van der Waals surface area contributed by atoms with Crippen LogP contribution in [0, 0.1) is 0 Å². The zero-order valence-electron chi connectivity index (χ0n) is 11.9. The van der Waals surface area contributed by atoms with E-state index in [2.05, 4.69) is 57.1 Å². The molecule has 4 heteroatoms. The minimum Gasteiger partial charge on any atom is -0.370 e. The van der Waals surface area contributed by atoms with Crippen LogP contribution in [-0.4, -0.2) is 18.1 Å². The van der Waals surface area contributed by atoms with E-state index in [0.29, 0.717) is 0 Å². The predicted octanol–water partition coefficient (Wildman–Crippen LogP) is 3.37. The lowest BCUT2D eigenvalue weighted by molar-refractivity contribution is 0.734. The zero-order valence-corrected chi connectivity index (χ0v) is 13.5. The standard InChI is InChI=1S/C16H20BrN3/c1-12(18)8-14-5-6-15(17)9-16(14)20(2)11-13-4-3-7-19-10-13/h3-7,9-10,12H,8,11,18H2,1-2H3. The third-order valence-corrected chi connectivity index (χ3v) is 3.64. The molecule has 106 valence electrons. The van der Waals surface area contributed by atoms with Gasteiger partial charge in [0.15, 0.2) is 0 Å². The molecule has 0 amide bonds. The lowest BCUT2D eigenvalue weighted by atomic mass is 10.0. The molecule has 0 aliphatic carbocycles. The van der Waals surface area contributed by atoms with Crippen molar-refractivity contribution in [3.63, 3.8) is 0 Å². The quantitative estimate of drug-likeness (QED) is 0.912. The molecule has 1 heterocycles. The molecule has 0 saturated heterocycles. The summed E-state index contributed by atoms with van der Waals surface area (Å²) in [6.07, 6.45) is 4.57. The molecule has 0 aliphatic heterocycles. The van der Waals surface area contributed by atoms with Crippen LogP contribution in [0.25, 0.3) is 0 Å². The van der Waals surface area contributed by atoms with Gasteiger partial charge in [-0.3, -0.25) is 4.98 Å². The maximum absolute atomic E-state index is 5.94. The normalized spacial score (nSPS) is 12.2. The van der Waals surface area contributed by atoms with Crippen LogP contribution < -0.4 is 10.6 Å². The fraction of sp³-hybridized carbons (Fsp3) is 0.312. The molecule has 0 fully saturated rings. The van der Waals surface area contributed by atoms with Crippen LogP contribution >= 0.6 is 15.9 Å². The summed E-state index contributed by atoms with van der Waals surface area (Å²) in [6, 6.07) is 10.6. The fourth-order valence-electron chi connectivity index (χ4n) is 2.26. The Bertz CT molecular complexity index is 555. The van der Waals surface area contributed by atoms with Crippen LogP contribution in [0.1, 0.15) is 18.1 Å². The van der Waals surface area contributed by atoms with E-state index < -0.39 is 0 Å². The maximum atomic E-state index is 5.94. The van der Waals surface area contributed by atoms with Gasteiger partial charge in [0.2, 0.25) is 0 Å². The van der Waals surface area contributed by atoms with Crippen LogP contribution in [0.2, 0.25) is 0 Å². The molecular formula is C16H20BrN3. The lowest BCUT2D eigenvalue weighted by Gasteiger charge is -2.23. The van der Waals surface area contributed by atoms with E-state index in [0.717, 1.165) is 17.4 Å². The van der Waals surface area contributed by atoms with E-state index >= 15 is 0 Å². The van der Waals surface area contributed by atoms with Crippen molar-refractivity contribution < 1.29 is 0 Å². The summed E-state index contributed by atoms with van der Waals surface area (Å²) in [7, 11) is 2.10. The van der Waals surface area contributed by atoms with E-state index in [4.69, 9.17) is 5.73 Å². The third kappa shape index (κ3) is 4.05. The Morgan fingerprint density at radius 1 is 1.35 bits per heavy atom. The zero-order chi connectivity index (χ0) is 14.5. The Balaban J connectivity index is 2.23. The van der Waals surface area contributed by atoms with Gasteiger partial charge in [0.05, 0.1) is 0 Å². The van der Waals surface area contributed by atoms with Crippen molar-refractivity contribution >= 4 is 21.6 Å². The van der Waals surface area contributed by atoms with Crippen molar-refractivity contribution in [3.8, 4) is 0 Å². The number of hydrogen-bond acceptors (Lipinski definition) is 3. The van der Waals surface area contributed by atoms with Crippen LogP contribution in [-0.2, 0) is 13.0 Å². The average molecular weight is 334 g/mol. The van der Waals surface area contributed by atoms with Crippen molar-refractivity contribution in [2.24, 2.45) is 5.73 Å². The number of pyridine rings is 1. The van der Waals surface area contributed by atoms with Crippen LogP contribution in [0.5, 0.6) is 0 Å². The molecule has 3 nitrogen and oxygen atoms in total. The molecule has 1 aromatic heterocycles. The van der Waals surface area contributed by atoms with Gasteiger partial charge >= 0.3 is 0 Å². The van der Waals surface area contributed by atoms with Crippen molar-refractivity contribution in [1.29, 1.82) is 0 Å². The molecule has 0 aliphatic rings. The van der Waals surface area contributed by atoms with Gasteiger partial charge < -0.3 is 10.6 Å². The van der Waals surface area contributed by atoms with Gasteiger partial charge in [-0.05, 0) is 42.7 Å². The second-order valence-corrected chi connectivity index (χ2v) is 6.09. The Morgan fingerprint density at radius 2 is 2.15 bits per heavy atom. The summed E-state index contributed by atoms with van der Waals surface area (Å²) >= 11 is 3.55. The van der Waals surface area contributed by atoms with E-state index in [1.54, 1.807) is 6.20 Å². The molecule has 1 aromatic carbocycles. The summed E-state index contributed by atoms with van der Waals surface area (Å²) in [5.74, 6) is 0. The number of hydrogen-bond donors (Lipinski definition) is 1. The highest BCUT2D eigenvalue weighted by atomic mass is 79.9. The lowest BCUT2D eigenvalue weighted by Crippen LogP contribution is -2.22. The molecule has 2 rings (SSSR count). The molecule has 2 N–H and O–H groups in total. The molecule has 0 bridgehead atoms. The molecule has 20 heavy (non-hydrogen) atoms. The molecule has 0 saturated carbocycles. The predicted molar refractivity (Wildman–Crippen MR) is 87.8 cm³/mol. The number of aromatic nitrogens is 1. The Labute approximate surface area is 129 Å². The number of nitrogens with zero attached hydrogens (tertiary/aromatic N) is 2. The van der Waals surface area contributed by atoms with E-state index in [-0.39, 0.29) is 6.04 Å². The Morgan fingerprint density at radius 3 is 2.80 bits per heavy atom. The van der Waals surface area contributed by atoms with Gasteiger partial charge in [-0.15, -0.1) is 0 Å². The SMILES string of the molecule is CC(N)Cc1ccc(Br)cc1N(C)Cc1cccnc1. The van der Waals surface area contributed by atoms with E-state index in [9.17, 15) is 0 Å². The highest BCUT2D eigenvalue weighted by Gasteiger charge is 2.10. The van der Waals surface area contributed by atoms with Crippen molar-refractivity contribution in [1.82, 2.24) is 4.98 Å². The number of anilines is 1. The van der Waals surface area contributed by atoms with E-state index in [1.165, 1.54) is 16.8 Å². The van der Waals surface area contributed by atoms with Gasteiger partial charge in [0, 0.05) is 42.2 Å². The highest BCUT2D eigenvalue weighted by molar-refractivity contribution is 9.10. The first-order valence-corrected chi connectivity index (χ1v) is 7.49. The molecule has 1 atom stereocenters. The minimum absolute atomic E-state index is 0.154. The smallest absolute Gasteiger partial charge is 0.0441 e. The Kier molecular flexibility index (Phi) is 5.15. The molecule has 2 aromatic rings. The maximum Gasteiger partial charge on any atom is 0.0441 e. The highest BCUT2D eigenvalue weighted by Crippen LogP contribution is 2.26. The van der Waals surface area contributed by atoms with Crippen molar-refractivity contribution in [3.05, 3.63) is 58.3 Å². The van der Waals surface area contributed by atoms with Crippen LogP contribution in [0.15, 0.2) is 47.2 Å². The van der Waals surface area contributed by atoms with Crippen molar-refractivity contribution in [2.45, 2.75) is 25.9 Å². The van der Waals surface area contributed by atoms with Gasteiger partial charge in [0.1, 0.15) is 0 Å². The fourth-order valence-corrected chi connectivity index (χ4v) is 2.61. The largest absolute Gasteiger partial charge is 0.370 e. The summed E-state index contributed by atoms with van der Waals surface area (Å²) in [5, 5.41) is 0. The molecular weight excluding hydrogens is 314 g/mol. The van der Waals surface area contributed by atoms with Gasteiger partial charge in [-0.1, -0.05) is 28.1 Å². The topological polar surface area (TPSA) is 42.1 Å².